The van der Waals surface area contributed by atoms with Crippen LogP contribution in [0.15, 0.2) is 83.8 Å². The van der Waals surface area contributed by atoms with Gasteiger partial charge in [-0.15, -0.1) is 11.3 Å². The third-order valence-electron chi connectivity index (χ3n) is 13.9. The van der Waals surface area contributed by atoms with Crippen LogP contribution in [0.5, 0.6) is 5.75 Å². The number of imidazole rings is 1. The maximum atomic E-state index is 14.1. The molecule has 5 N–H and O–H groups in total. The van der Waals surface area contributed by atoms with E-state index in [0.717, 1.165) is 48.5 Å². The number of fused-ring (bicyclic) bond motifs is 1. The topological polar surface area (TPSA) is 225 Å². The Morgan fingerprint density at radius 1 is 0.971 bits per heavy atom. The number of rotatable bonds is 13. The van der Waals surface area contributed by atoms with Gasteiger partial charge in [0.2, 0.25) is 15.9 Å². The molecule has 3 amide bonds. The summed E-state index contributed by atoms with van der Waals surface area (Å²) in [5.74, 6) is -3.25. The molecule has 2 atom stereocenters. The molecule has 2 aromatic heterocycles. The molecule has 0 saturated carbocycles. The van der Waals surface area contributed by atoms with Crippen LogP contribution in [0.1, 0.15) is 73.6 Å². The van der Waals surface area contributed by atoms with Crippen molar-refractivity contribution in [3.63, 3.8) is 0 Å². The molecule has 9 rings (SSSR count). The number of aryl methyl sites for hydroxylation is 1. The lowest BCUT2D eigenvalue weighted by Gasteiger charge is -2.54. The number of carboxylic acid groups (broad SMARTS) is 2. The van der Waals surface area contributed by atoms with Gasteiger partial charge in [-0.1, -0.05) is 42.4 Å². The summed E-state index contributed by atoms with van der Waals surface area (Å²) >= 11 is 7.42. The van der Waals surface area contributed by atoms with Crippen molar-refractivity contribution in [2.75, 3.05) is 54.9 Å². The SMILES string of the molecule is C=C1CCC(n2c(=O)n(C)c3cc(N4CCCC5(CN(C(=O)Nc6cccc(CS(=O)(=O)N7CC[C@H](Nc8cccc(-c9sc(C(=O)O)c(OCC(=O)O)c9Cl)c8)CC7(C)C)c6)C5)C4)ccc32)C(=O)N1. The smallest absolute Gasteiger partial charge is 0.349 e. The lowest BCUT2D eigenvalue weighted by molar-refractivity contribution is -0.139. The summed E-state index contributed by atoms with van der Waals surface area (Å²) in [6, 6.07) is 19.1. The standard InChI is InChI=1S/C49H55ClN8O10S2/c1-29-12-14-37(44(61)51-29)58-36-15-13-35(22-38(36)54(4)47(58)65)55-18-7-17-49(26-55)27-56(28-49)46(64)53-32-10-5-8-30(20-32)25-70(66,67)57-19-16-34(23-48(57,2)3)52-33-11-6-9-31(21-33)42-40(50)41(68-24-39(59)60)43(69-42)45(62)63/h5-6,8-11,13,15,20-22,34,37,52H,1,7,12,14,16-19,23-28H2,2-4H3,(H,51,61)(H,53,64)(H,59,60)(H,62,63)/t34-,37?/m0/s1. The second kappa shape index (κ2) is 18.8. The number of nitrogens with zero attached hydrogens (tertiary/aromatic N) is 5. The number of hydrogen-bond acceptors (Lipinski definition) is 11. The van der Waals surface area contributed by atoms with Crippen LogP contribution in [0.3, 0.4) is 0 Å². The number of allylic oxidation sites excluding steroid dienone is 1. The molecular weight excluding hydrogens is 960 g/mol. The van der Waals surface area contributed by atoms with E-state index in [-0.39, 0.29) is 57.0 Å². The molecule has 0 radical (unpaired) electrons. The highest BCUT2D eigenvalue weighted by atomic mass is 35.5. The van der Waals surface area contributed by atoms with Crippen LogP contribution >= 0.6 is 22.9 Å². The molecule has 6 heterocycles. The third-order valence-corrected chi connectivity index (χ3v) is 17.6. The number of carbonyl (C=O) groups is 4. The number of piperidine rings is 3. The number of likely N-dealkylation sites (tertiary alicyclic amines) is 1. The number of anilines is 3. The summed E-state index contributed by atoms with van der Waals surface area (Å²) in [5.41, 5.74) is 4.35. The first-order chi connectivity index (χ1) is 33.2. The van der Waals surface area contributed by atoms with Gasteiger partial charge in [-0.05, 0) is 106 Å². The summed E-state index contributed by atoms with van der Waals surface area (Å²) in [7, 11) is -2.08. The number of nitrogens with one attached hydrogen (secondary N) is 3. The average Bonchev–Trinajstić information content (AvgIpc) is 3.75. The predicted octanol–water partition coefficient (Wildman–Crippen LogP) is 7.17. The fourth-order valence-electron chi connectivity index (χ4n) is 10.7. The van der Waals surface area contributed by atoms with Crippen LogP contribution in [-0.4, -0.2) is 112 Å². The van der Waals surface area contributed by atoms with E-state index in [2.05, 4.69) is 27.4 Å². The summed E-state index contributed by atoms with van der Waals surface area (Å²) in [6.07, 6.45) is 4.02. The average molecular weight is 1020 g/mol. The zero-order valence-electron chi connectivity index (χ0n) is 39.0. The molecule has 0 aliphatic carbocycles. The van der Waals surface area contributed by atoms with Crippen molar-refractivity contribution in [1.29, 1.82) is 0 Å². The number of halogens is 1. The number of sulfonamides is 1. The van der Waals surface area contributed by atoms with Crippen molar-refractivity contribution in [3.8, 4) is 16.2 Å². The fourth-order valence-corrected chi connectivity index (χ4v) is 14.0. The zero-order chi connectivity index (χ0) is 49.9. The molecule has 21 heteroatoms. The Balaban J connectivity index is 0.793. The second-order valence-electron chi connectivity index (χ2n) is 19.5. The van der Waals surface area contributed by atoms with Crippen LogP contribution in [0.25, 0.3) is 21.5 Å². The Labute approximate surface area is 413 Å². The molecule has 1 unspecified atom stereocenters. The van der Waals surface area contributed by atoms with Gasteiger partial charge in [-0.3, -0.25) is 13.9 Å². The largest absolute Gasteiger partial charge is 0.479 e. The van der Waals surface area contributed by atoms with E-state index in [4.69, 9.17) is 21.4 Å². The van der Waals surface area contributed by atoms with Gasteiger partial charge in [0.05, 0.1) is 21.7 Å². The molecule has 4 aliphatic heterocycles. The van der Waals surface area contributed by atoms with Crippen molar-refractivity contribution < 1.29 is 42.5 Å². The Kier molecular flexibility index (Phi) is 13.0. The van der Waals surface area contributed by atoms with E-state index < -0.39 is 40.1 Å². The van der Waals surface area contributed by atoms with E-state index in [1.165, 1.54) is 0 Å². The van der Waals surface area contributed by atoms with Crippen LogP contribution in [0.2, 0.25) is 5.02 Å². The first kappa shape index (κ1) is 48.7. The van der Waals surface area contributed by atoms with Gasteiger partial charge < -0.3 is 40.7 Å². The second-order valence-corrected chi connectivity index (χ2v) is 22.8. The molecular formula is C49H55ClN8O10S2. The van der Waals surface area contributed by atoms with Gasteiger partial charge in [-0.25, -0.2) is 27.6 Å². The number of hydrogen-bond donors (Lipinski definition) is 5. The maximum absolute atomic E-state index is 14.1. The highest BCUT2D eigenvalue weighted by molar-refractivity contribution is 7.88. The van der Waals surface area contributed by atoms with Crippen LogP contribution in [0, 0.1) is 5.41 Å². The Morgan fingerprint density at radius 3 is 2.46 bits per heavy atom. The van der Waals surface area contributed by atoms with Crippen LogP contribution < -0.4 is 31.3 Å². The molecule has 4 saturated heterocycles. The maximum Gasteiger partial charge on any atom is 0.349 e. The van der Waals surface area contributed by atoms with Gasteiger partial charge in [0.15, 0.2) is 17.2 Å². The Bertz CT molecular complexity index is 3120. The van der Waals surface area contributed by atoms with E-state index in [9.17, 15) is 37.5 Å². The summed E-state index contributed by atoms with van der Waals surface area (Å²) in [5, 5.41) is 28.1. The van der Waals surface area contributed by atoms with Crippen LogP contribution in [-0.2, 0) is 32.4 Å². The molecule has 3 aromatic carbocycles. The number of amides is 3. The summed E-state index contributed by atoms with van der Waals surface area (Å²) in [4.78, 5) is 67.2. The molecule has 0 bridgehead atoms. The highest BCUT2D eigenvalue weighted by Gasteiger charge is 2.48. The summed E-state index contributed by atoms with van der Waals surface area (Å²) < 4.78 is 38.1. The van der Waals surface area contributed by atoms with Gasteiger partial charge in [0.25, 0.3) is 0 Å². The molecule has 370 valence electrons. The molecule has 1 spiro atoms. The number of aromatic carboxylic acids is 1. The third kappa shape index (κ3) is 9.61. The Morgan fingerprint density at radius 2 is 1.73 bits per heavy atom. The van der Waals surface area contributed by atoms with Crippen LogP contribution in [0.4, 0.5) is 21.9 Å². The molecule has 70 heavy (non-hydrogen) atoms. The first-order valence-corrected chi connectivity index (χ1v) is 25.9. The molecule has 5 aromatic rings. The number of thiophene rings is 1. The van der Waals surface area contributed by atoms with E-state index in [1.807, 2.05) is 44.2 Å². The zero-order valence-corrected chi connectivity index (χ0v) is 41.4. The number of benzene rings is 3. The van der Waals surface area contributed by atoms with E-state index in [1.54, 1.807) is 61.8 Å². The molecule has 18 nitrogen and oxygen atoms in total. The van der Waals surface area contributed by atoms with E-state index >= 15 is 0 Å². The number of aromatic nitrogens is 2. The van der Waals surface area contributed by atoms with Gasteiger partial charge in [0.1, 0.15) is 11.1 Å². The number of ether oxygens (including phenoxy) is 1. The predicted molar refractivity (Wildman–Crippen MR) is 269 cm³/mol. The van der Waals surface area contributed by atoms with Crippen molar-refractivity contribution in [1.82, 2.24) is 23.7 Å². The number of carbonyl (C=O) groups excluding carboxylic acids is 2. The van der Waals surface area contributed by atoms with Gasteiger partial charge in [-0.2, -0.15) is 4.31 Å². The lowest BCUT2D eigenvalue weighted by Crippen LogP contribution is -2.65. The van der Waals surface area contributed by atoms with E-state index in [0.29, 0.717) is 77.4 Å². The molecule has 4 aliphatic rings. The monoisotopic (exact) mass is 1010 g/mol. The van der Waals surface area contributed by atoms with Crippen molar-refractivity contribution >= 4 is 84.9 Å². The Hall–Kier alpha value is -6.35. The minimum Gasteiger partial charge on any atom is -0.479 e. The lowest BCUT2D eigenvalue weighted by atomic mass is 9.73. The van der Waals surface area contributed by atoms with Gasteiger partial charge >= 0.3 is 23.7 Å². The van der Waals surface area contributed by atoms with Crippen molar-refractivity contribution in [2.45, 2.75) is 75.7 Å². The normalized spacial score (nSPS) is 20.2. The minimum atomic E-state index is -3.80. The number of urea groups is 1. The fraction of sp³-hybridized carbons (Fsp3) is 0.408. The van der Waals surface area contributed by atoms with Gasteiger partial charge in [0, 0.05) is 79.5 Å². The minimum absolute atomic E-state index is 0.00217. The number of carboxylic acids is 2. The van der Waals surface area contributed by atoms with Crippen molar-refractivity contribution in [3.05, 3.63) is 105 Å². The first-order valence-electron chi connectivity index (χ1n) is 23.1. The highest BCUT2D eigenvalue weighted by Crippen LogP contribution is 2.46. The van der Waals surface area contributed by atoms with Crippen molar-refractivity contribution in [2.24, 2.45) is 12.5 Å². The summed E-state index contributed by atoms with van der Waals surface area (Å²) in [6.45, 7) is 9.88. The number of aliphatic carboxylic acids is 1. The molecule has 4 fully saturated rings. The quantitative estimate of drug-likeness (QED) is 0.0792.